The van der Waals surface area contributed by atoms with Crippen LogP contribution in [0.25, 0.3) is 0 Å². The SMILES string of the molecule is CC(C)(C)OC(=O)NC1CC(NC(=O)CSCc2c(Cl)cccc2Cl)C1. The van der Waals surface area contributed by atoms with Gasteiger partial charge in [-0.05, 0) is 51.3 Å². The standard InChI is InChI=1S/C18H24Cl2N2O3S/c1-18(2,3)25-17(24)22-12-7-11(8-12)21-16(23)10-26-9-13-14(19)5-4-6-15(13)20/h4-6,11-12H,7-10H2,1-3H3,(H,21,23)(H,22,24). The number of alkyl carbamates (subject to hydrolysis) is 1. The maximum Gasteiger partial charge on any atom is 0.407 e. The predicted octanol–water partition coefficient (Wildman–Crippen LogP) is 4.40. The maximum atomic E-state index is 12.0. The molecule has 0 atom stereocenters. The molecule has 144 valence electrons. The zero-order valence-electron chi connectivity index (χ0n) is 15.1. The van der Waals surface area contributed by atoms with Crippen LogP contribution >= 0.6 is 35.0 Å². The minimum atomic E-state index is -0.511. The lowest BCUT2D eigenvalue weighted by molar-refractivity contribution is -0.119. The first-order valence-corrected chi connectivity index (χ1v) is 10.3. The fraction of sp³-hybridized carbons (Fsp3) is 0.556. The van der Waals surface area contributed by atoms with Crippen molar-refractivity contribution in [3.8, 4) is 0 Å². The Morgan fingerprint density at radius 3 is 2.31 bits per heavy atom. The second-order valence-electron chi connectivity index (χ2n) is 7.27. The molecule has 0 radical (unpaired) electrons. The lowest BCUT2D eigenvalue weighted by atomic mass is 9.87. The molecular weight excluding hydrogens is 395 g/mol. The van der Waals surface area contributed by atoms with Crippen molar-refractivity contribution in [3.63, 3.8) is 0 Å². The van der Waals surface area contributed by atoms with E-state index in [1.54, 1.807) is 18.2 Å². The van der Waals surface area contributed by atoms with Gasteiger partial charge in [-0.1, -0.05) is 29.3 Å². The third-order valence-corrected chi connectivity index (χ3v) is 5.43. The van der Waals surface area contributed by atoms with Crippen LogP contribution in [0.4, 0.5) is 4.79 Å². The number of hydrogen-bond acceptors (Lipinski definition) is 4. The van der Waals surface area contributed by atoms with Gasteiger partial charge in [0.15, 0.2) is 0 Å². The quantitative estimate of drug-likeness (QED) is 0.718. The molecule has 0 aromatic heterocycles. The number of halogens is 2. The smallest absolute Gasteiger partial charge is 0.407 e. The van der Waals surface area contributed by atoms with Gasteiger partial charge in [-0.3, -0.25) is 4.79 Å². The molecule has 1 aromatic rings. The first-order valence-electron chi connectivity index (χ1n) is 8.43. The number of rotatable bonds is 6. The van der Waals surface area contributed by atoms with E-state index in [1.807, 2.05) is 20.8 Å². The monoisotopic (exact) mass is 418 g/mol. The summed E-state index contributed by atoms with van der Waals surface area (Å²) < 4.78 is 5.21. The van der Waals surface area contributed by atoms with Crippen molar-refractivity contribution >= 4 is 47.0 Å². The van der Waals surface area contributed by atoms with Crippen molar-refractivity contribution in [2.75, 3.05) is 5.75 Å². The number of carbonyl (C=O) groups excluding carboxylic acids is 2. The molecule has 1 fully saturated rings. The van der Waals surface area contributed by atoms with Crippen molar-refractivity contribution in [3.05, 3.63) is 33.8 Å². The second kappa shape index (κ2) is 9.20. The summed E-state index contributed by atoms with van der Waals surface area (Å²) >= 11 is 13.7. The minimum absolute atomic E-state index is 0.0288. The Labute approximate surface area is 168 Å². The average molecular weight is 419 g/mol. The van der Waals surface area contributed by atoms with Crippen molar-refractivity contribution in [1.82, 2.24) is 10.6 Å². The molecule has 2 amide bonds. The molecule has 1 saturated carbocycles. The van der Waals surface area contributed by atoms with Gasteiger partial charge in [-0.2, -0.15) is 0 Å². The van der Waals surface area contributed by atoms with Crippen LogP contribution in [0.2, 0.25) is 10.0 Å². The number of ether oxygens (including phenoxy) is 1. The molecule has 0 aliphatic heterocycles. The molecule has 0 unspecified atom stereocenters. The van der Waals surface area contributed by atoms with Crippen molar-refractivity contribution in [2.45, 2.75) is 57.1 Å². The zero-order chi connectivity index (χ0) is 19.3. The number of nitrogens with one attached hydrogen (secondary N) is 2. The van der Waals surface area contributed by atoms with E-state index < -0.39 is 11.7 Å². The predicted molar refractivity (Wildman–Crippen MR) is 107 cm³/mol. The van der Waals surface area contributed by atoms with Crippen LogP contribution in [0, 0.1) is 0 Å². The van der Waals surface area contributed by atoms with Crippen LogP contribution in [0.3, 0.4) is 0 Å². The van der Waals surface area contributed by atoms with Gasteiger partial charge in [-0.15, -0.1) is 11.8 Å². The molecule has 8 heteroatoms. The fourth-order valence-electron chi connectivity index (χ4n) is 2.51. The third-order valence-electron chi connectivity index (χ3n) is 3.77. The maximum absolute atomic E-state index is 12.0. The number of hydrogen-bond donors (Lipinski definition) is 2. The van der Waals surface area contributed by atoms with Gasteiger partial charge >= 0.3 is 6.09 Å². The first-order chi connectivity index (χ1) is 12.1. The van der Waals surface area contributed by atoms with Crippen molar-refractivity contribution < 1.29 is 14.3 Å². The molecule has 0 bridgehead atoms. The molecular formula is C18H24Cl2N2O3S. The highest BCUT2D eigenvalue weighted by molar-refractivity contribution is 7.99. The summed E-state index contributed by atoms with van der Waals surface area (Å²) in [5.74, 6) is 0.889. The molecule has 0 saturated heterocycles. The van der Waals surface area contributed by atoms with Crippen LogP contribution in [-0.2, 0) is 15.3 Å². The lowest BCUT2D eigenvalue weighted by Gasteiger charge is -2.36. The van der Waals surface area contributed by atoms with Gasteiger partial charge in [-0.25, -0.2) is 4.79 Å². The van der Waals surface area contributed by atoms with Crippen LogP contribution in [0.5, 0.6) is 0 Å². The summed E-state index contributed by atoms with van der Waals surface area (Å²) in [6, 6.07) is 5.51. The Kier molecular flexibility index (Phi) is 7.50. The van der Waals surface area contributed by atoms with Gasteiger partial charge in [0.25, 0.3) is 0 Å². The van der Waals surface area contributed by atoms with E-state index in [1.165, 1.54) is 11.8 Å². The fourth-order valence-corrected chi connectivity index (χ4v) is 4.09. The Hall–Kier alpha value is -1.11. The summed E-state index contributed by atoms with van der Waals surface area (Å²) in [7, 11) is 0. The van der Waals surface area contributed by atoms with E-state index in [0.717, 1.165) is 5.56 Å². The zero-order valence-corrected chi connectivity index (χ0v) is 17.4. The molecule has 5 nitrogen and oxygen atoms in total. The van der Waals surface area contributed by atoms with Crippen LogP contribution in [-0.4, -0.2) is 35.4 Å². The normalized spacial score (nSPS) is 19.4. The third kappa shape index (κ3) is 6.89. The second-order valence-corrected chi connectivity index (χ2v) is 9.07. The molecule has 0 heterocycles. The van der Waals surface area contributed by atoms with Crippen LogP contribution in [0.15, 0.2) is 18.2 Å². The lowest BCUT2D eigenvalue weighted by Crippen LogP contribution is -2.54. The van der Waals surface area contributed by atoms with E-state index in [-0.39, 0.29) is 18.0 Å². The average Bonchev–Trinajstić information content (AvgIpc) is 2.46. The Morgan fingerprint density at radius 2 is 1.73 bits per heavy atom. The van der Waals surface area contributed by atoms with E-state index in [4.69, 9.17) is 27.9 Å². The summed E-state index contributed by atoms with van der Waals surface area (Å²) in [4.78, 5) is 23.7. The van der Waals surface area contributed by atoms with E-state index in [0.29, 0.717) is 34.4 Å². The summed E-state index contributed by atoms with van der Waals surface area (Å²) in [6.07, 6.45) is 1.01. The van der Waals surface area contributed by atoms with Gasteiger partial charge in [0.2, 0.25) is 5.91 Å². The summed E-state index contributed by atoms with van der Waals surface area (Å²) in [6.45, 7) is 5.47. The van der Waals surface area contributed by atoms with E-state index in [9.17, 15) is 9.59 Å². The number of thioether (sulfide) groups is 1. The Morgan fingerprint density at radius 1 is 1.15 bits per heavy atom. The number of benzene rings is 1. The van der Waals surface area contributed by atoms with E-state index in [2.05, 4.69) is 10.6 Å². The molecule has 0 spiro atoms. The van der Waals surface area contributed by atoms with Crippen molar-refractivity contribution in [2.24, 2.45) is 0 Å². The van der Waals surface area contributed by atoms with Gasteiger partial charge in [0.05, 0.1) is 5.75 Å². The summed E-state index contributed by atoms with van der Waals surface area (Å²) in [5, 5.41) is 6.99. The van der Waals surface area contributed by atoms with Gasteiger partial charge < -0.3 is 15.4 Å². The number of amides is 2. The molecule has 26 heavy (non-hydrogen) atoms. The molecule has 1 aliphatic rings. The molecule has 1 aliphatic carbocycles. The van der Waals surface area contributed by atoms with E-state index >= 15 is 0 Å². The highest BCUT2D eigenvalue weighted by atomic mass is 35.5. The first kappa shape index (κ1) is 21.2. The molecule has 2 N–H and O–H groups in total. The van der Waals surface area contributed by atoms with Gasteiger partial charge in [0.1, 0.15) is 5.60 Å². The van der Waals surface area contributed by atoms with Crippen molar-refractivity contribution in [1.29, 1.82) is 0 Å². The highest BCUT2D eigenvalue weighted by Gasteiger charge is 2.32. The largest absolute Gasteiger partial charge is 0.444 e. The van der Waals surface area contributed by atoms with Crippen LogP contribution in [0.1, 0.15) is 39.2 Å². The topological polar surface area (TPSA) is 67.4 Å². The molecule has 1 aromatic carbocycles. The molecule has 2 rings (SSSR count). The highest BCUT2D eigenvalue weighted by Crippen LogP contribution is 2.28. The minimum Gasteiger partial charge on any atom is -0.444 e. The van der Waals surface area contributed by atoms with Gasteiger partial charge in [0, 0.05) is 27.9 Å². The Bertz CT molecular complexity index is 638. The van der Waals surface area contributed by atoms with Crippen LogP contribution < -0.4 is 10.6 Å². The summed E-state index contributed by atoms with van der Waals surface area (Å²) in [5.41, 5.74) is 0.336. The number of carbonyl (C=O) groups is 2. The Balaban J connectivity index is 1.62.